The molecule has 0 spiro atoms. The number of phenolic OH excluding ortho intramolecular Hbond substituents is 1. The van der Waals surface area contributed by atoms with Crippen molar-refractivity contribution in [3.63, 3.8) is 0 Å². The second-order valence-electron chi connectivity index (χ2n) is 4.37. The van der Waals surface area contributed by atoms with Crippen molar-refractivity contribution in [1.29, 1.82) is 0 Å². The summed E-state index contributed by atoms with van der Waals surface area (Å²) in [6.45, 7) is 3.94. The van der Waals surface area contributed by atoms with Crippen molar-refractivity contribution in [2.24, 2.45) is 0 Å². The number of rotatable bonds is 6. The first kappa shape index (κ1) is 14.4. The lowest BCUT2D eigenvalue weighted by molar-refractivity contribution is 0.0691. The Hall–Kier alpha value is -1.71. The third kappa shape index (κ3) is 2.94. The molecule has 0 unspecified atom stereocenters. The predicted octanol–water partition coefficient (Wildman–Crippen LogP) is 3.09. The number of aromatic carboxylic acids is 1. The number of hydrogen-bond donors (Lipinski definition) is 3. The van der Waals surface area contributed by atoms with E-state index in [4.69, 9.17) is 5.11 Å². The van der Waals surface area contributed by atoms with E-state index in [2.05, 4.69) is 6.92 Å². The van der Waals surface area contributed by atoms with Crippen LogP contribution in [0.15, 0.2) is 6.07 Å². The van der Waals surface area contributed by atoms with Gasteiger partial charge in [-0.1, -0.05) is 26.7 Å². The molecular formula is C14H20O4. The van der Waals surface area contributed by atoms with Crippen LogP contribution >= 0.6 is 0 Å². The maximum atomic E-state index is 11.2. The van der Waals surface area contributed by atoms with Gasteiger partial charge in [0.2, 0.25) is 0 Å². The van der Waals surface area contributed by atoms with E-state index >= 15 is 0 Å². The smallest absolute Gasteiger partial charge is 0.339 e. The number of phenols is 2. The summed E-state index contributed by atoms with van der Waals surface area (Å²) in [6.07, 6.45) is 4.35. The van der Waals surface area contributed by atoms with Crippen molar-refractivity contribution in [3.05, 3.63) is 22.8 Å². The summed E-state index contributed by atoms with van der Waals surface area (Å²) in [7, 11) is 0. The lowest BCUT2D eigenvalue weighted by Gasteiger charge is -2.14. The number of benzene rings is 1. The molecule has 1 aromatic carbocycles. The highest BCUT2D eigenvalue weighted by Gasteiger charge is 2.21. The molecule has 18 heavy (non-hydrogen) atoms. The van der Waals surface area contributed by atoms with Gasteiger partial charge in [-0.3, -0.25) is 0 Å². The van der Waals surface area contributed by atoms with E-state index in [9.17, 15) is 15.0 Å². The van der Waals surface area contributed by atoms with Crippen LogP contribution in [0, 0.1) is 0 Å². The van der Waals surface area contributed by atoms with Gasteiger partial charge in [-0.2, -0.15) is 0 Å². The van der Waals surface area contributed by atoms with E-state index < -0.39 is 11.7 Å². The number of carboxylic acid groups (broad SMARTS) is 1. The Bertz CT molecular complexity index is 438. The van der Waals surface area contributed by atoms with Crippen LogP contribution in [0.5, 0.6) is 11.5 Å². The summed E-state index contributed by atoms with van der Waals surface area (Å²) in [6, 6.07) is 1.48. The number of carboxylic acids is 1. The summed E-state index contributed by atoms with van der Waals surface area (Å²) in [5, 5.41) is 28.4. The molecule has 0 radical (unpaired) electrons. The van der Waals surface area contributed by atoms with Crippen LogP contribution in [0.1, 0.15) is 54.6 Å². The summed E-state index contributed by atoms with van der Waals surface area (Å²) in [5.41, 5.74) is 1.27. The van der Waals surface area contributed by atoms with Gasteiger partial charge < -0.3 is 15.3 Å². The van der Waals surface area contributed by atoms with Crippen LogP contribution in [-0.2, 0) is 12.8 Å². The monoisotopic (exact) mass is 252 g/mol. The average Bonchev–Trinajstić information content (AvgIpc) is 2.32. The Morgan fingerprint density at radius 1 is 1.22 bits per heavy atom. The van der Waals surface area contributed by atoms with Gasteiger partial charge in [-0.15, -0.1) is 0 Å². The highest BCUT2D eigenvalue weighted by atomic mass is 16.4. The zero-order chi connectivity index (χ0) is 13.7. The van der Waals surface area contributed by atoms with Gasteiger partial charge in [0.1, 0.15) is 5.56 Å². The molecule has 1 rings (SSSR count). The zero-order valence-electron chi connectivity index (χ0n) is 10.9. The van der Waals surface area contributed by atoms with Crippen LogP contribution in [0.4, 0.5) is 0 Å². The number of hydrogen-bond acceptors (Lipinski definition) is 3. The number of aryl methyl sites for hydroxylation is 1. The Kier molecular flexibility index (Phi) is 5.01. The van der Waals surface area contributed by atoms with Crippen LogP contribution in [0.3, 0.4) is 0 Å². The maximum absolute atomic E-state index is 11.2. The topological polar surface area (TPSA) is 77.8 Å². The molecule has 0 aromatic heterocycles. The van der Waals surface area contributed by atoms with E-state index in [0.717, 1.165) is 31.2 Å². The number of unbranched alkanes of at least 4 members (excludes halogenated alkanes) is 2. The predicted molar refractivity (Wildman–Crippen MR) is 69.3 cm³/mol. The van der Waals surface area contributed by atoms with Crippen LogP contribution in [-0.4, -0.2) is 21.3 Å². The summed E-state index contributed by atoms with van der Waals surface area (Å²) >= 11 is 0. The molecule has 4 heteroatoms. The standard InChI is InChI=1S/C14H20O4/c1-3-5-6-7-9-8-11(15)13(16)12(14(17)18)10(9)4-2/h8,15-16H,3-7H2,1-2H3,(H,17,18). The molecule has 1 aromatic rings. The molecule has 0 aliphatic rings. The molecule has 0 atom stereocenters. The van der Waals surface area contributed by atoms with E-state index in [1.165, 1.54) is 6.07 Å². The van der Waals surface area contributed by atoms with Crippen molar-refractivity contribution >= 4 is 5.97 Å². The van der Waals surface area contributed by atoms with Gasteiger partial charge in [0.15, 0.2) is 11.5 Å². The van der Waals surface area contributed by atoms with E-state index in [1.807, 2.05) is 6.92 Å². The molecule has 3 N–H and O–H groups in total. The minimum Gasteiger partial charge on any atom is -0.504 e. The zero-order valence-corrected chi connectivity index (χ0v) is 10.9. The molecule has 0 saturated carbocycles. The highest BCUT2D eigenvalue weighted by Crippen LogP contribution is 2.35. The van der Waals surface area contributed by atoms with Crippen molar-refractivity contribution in [1.82, 2.24) is 0 Å². The Labute approximate surface area is 107 Å². The summed E-state index contributed by atoms with van der Waals surface area (Å²) in [4.78, 5) is 11.2. The Morgan fingerprint density at radius 3 is 2.39 bits per heavy atom. The third-order valence-corrected chi connectivity index (χ3v) is 3.10. The SMILES string of the molecule is CCCCCc1cc(O)c(O)c(C(=O)O)c1CC. The third-order valence-electron chi connectivity index (χ3n) is 3.10. The van der Waals surface area contributed by atoms with E-state index in [-0.39, 0.29) is 11.3 Å². The highest BCUT2D eigenvalue weighted by molar-refractivity contribution is 5.94. The summed E-state index contributed by atoms with van der Waals surface area (Å²) in [5.74, 6) is -2.08. The van der Waals surface area contributed by atoms with Crippen LogP contribution < -0.4 is 0 Å². The quantitative estimate of drug-likeness (QED) is 0.537. The van der Waals surface area contributed by atoms with Crippen molar-refractivity contribution in [3.8, 4) is 11.5 Å². The summed E-state index contributed by atoms with van der Waals surface area (Å²) < 4.78 is 0. The molecule has 0 fully saturated rings. The maximum Gasteiger partial charge on any atom is 0.339 e. The molecular weight excluding hydrogens is 232 g/mol. The van der Waals surface area contributed by atoms with Crippen molar-refractivity contribution < 1.29 is 20.1 Å². The molecule has 0 saturated heterocycles. The molecule has 0 heterocycles. The van der Waals surface area contributed by atoms with Crippen molar-refractivity contribution in [2.75, 3.05) is 0 Å². The molecule has 0 amide bonds. The second-order valence-corrected chi connectivity index (χ2v) is 4.37. The van der Waals surface area contributed by atoms with Crippen molar-refractivity contribution in [2.45, 2.75) is 46.0 Å². The first-order chi connectivity index (χ1) is 8.52. The van der Waals surface area contributed by atoms with Gasteiger partial charge in [-0.25, -0.2) is 4.79 Å². The van der Waals surface area contributed by atoms with Gasteiger partial charge in [0, 0.05) is 0 Å². The lowest BCUT2D eigenvalue weighted by Crippen LogP contribution is -2.06. The van der Waals surface area contributed by atoms with Gasteiger partial charge >= 0.3 is 5.97 Å². The fourth-order valence-corrected chi connectivity index (χ4v) is 2.17. The first-order valence-corrected chi connectivity index (χ1v) is 6.32. The second kappa shape index (κ2) is 6.28. The largest absolute Gasteiger partial charge is 0.504 e. The molecule has 4 nitrogen and oxygen atoms in total. The fourth-order valence-electron chi connectivity index (χ4n) is 2.17. The minimum atomic E-state index is -1.20. The number of aromatic hydroxyl groups is 2. The average molecular weight is 252 g/mol. The Balaban J connectivity index is 3.21. The van der Waals surface area contributed by atoms with E-state index in [1.54, 1.807) is 0 Å². The fraction of sp³-hybridized carbons (Fsp3) is 0.500. The molecule has 0 bridgehead atoms. The van der Waals surface area contributed by atoms with Crippen LogP contribution in [0.25, 0.3) is 0 Å². The molecule has 100 valence electrons. The number of carbonyl (C=O) groups is 1. The van der Waals surface area contributed by atoms with Gasteiger partial charge in [0.05, 0.1) is 0 Å². The van der Waals surface area contributed by atoms with Crippen LogP contribution in [0.2, 0.25) is 0 Å². The molecule has 0 aliphatic carbocycles. The van der Waals surface area contributed by atoms with Gasteiger partial charge in [0.25, 0.3) is 0 Å². The Morgan fingerprint density at radius 2 is 1.89 bits per heavy atom. The normalized spacial score (nSPS) is 10.6. The molecule has 0 aliphatic heterocycles. The minimum absolute atomic E-state index is 0.163. The van der Waals surface area contributed by atoms with Gasteiger partial charge in [-0.05, 0) is 36.5 Å². The lowest BCUT2D eigenvalue weighted by atomic mass is 9.93. The first-order valence-electron chi connectivity index (χ1n) is 6.32. The van der Waals surface area contributed by atoms with E-state index in [0.29, 0.717) is 12.0 Å².